The van der Waals surface area contributed by atoms with Gasteiger partial charge in [0.1, 0.15) is 0 Å². The van der Waals surface area contributed by atoms with Crippen LogP contribution in [-0.4, -0.2) is 47.3 Å². The summed E-state index contributed by atoms with van der Waals surface area (Å²) in [6.45, 7) is 5.00. The smallest absolute Gasteiger partial charge is 0.194 e. The second kappa shape index (κ2) is 5.54. The van der Waals surface area contributed by atoms with Gasteiger partial charge in [0, 0.05) is 30.1 Å². The van der Waals surface area contributed by atoms with Crippen LogP contribution >= 0.6 is 11.3 Å². The van der Waals surface area contributed by atoms with Gasteiger partial charge in [-0.05, 0) is 51.0 Å². The highest BCUT2D eigenvalue weighted by atomic mass is 32.2. The Morgan fingerprint density at radius 3 is 2.92 bits per heavy atom. The molecule has 3 fully saturated rings. The molecule has 136 valence electrons. The molecular formula is C18H25N3O2S2. The minimum absolute atomic E-state index is 0.00274. The second-order valence-electron chi connectivity index (χ2n) is 8.35. The third kappa shape index (κ3) is 2.84. The molecule has 0 N–H and O–H groups in total. The van der Waals surface area contributed by atoms with Crippen molar-refractivity contribution in [1.29, 1.82) is 0 Å². The molecule has 2 aliphatic heterocycles. The van der Waals surface area contributed by atoms with Crippen LogP contribution in [0.25, 0.3) is 4.96 Å². The van der Waals surface area contributed by atoms with E-state index in [1.165, 1.54) is 24.2 Å². The lowest BCUT2D eigenvalue weighted by atomic mass is 9.79. The lowest BCUT2D eigenvalue weighted by Crippen LogP contribution is -2.43. The second-order valence-corrected chi connectivity index (χ2v) is 11.4. The molecule has 2 aromatic rings. The van der Waals surface area contributed by atoms with E-state index in [4.69, 9.17) is 4.98 Å². The quantitative estimate of drug-likeness (QED) is 0.823. The molecule has 1 spiro atoms. The Morgan fingerprint density at radius 2 is 2.20 bits per heavy atom. The van der Waals surface area contributed by atoms with Crippen molar-refractivity contribution in [3.8, 4) is 0 Å². The van der Waals surface area contributed by atoms with Crippen LogP contribution in [0.1, 0.15) is 55.1 Å². The minimum Gasteiger partial charge on any atom is -0.297 e. The molecule has 1 unspecified atom stereocenters. The SMILES string of the molecule is Cc1nc2scc(C3CC3)n2c1CN1CCCC2(CCS(=O)(=O)C2)C1. The zero-order valence-corrected chi connectivity index (χ0v) is 16.3. The summed E-state index contributed by atoms with van der Waals surface area (Å²) in [5.74, 6) is 1.49. The Balaban J connectivity index is 1.43. The van der Waals surface area contributed by atoms with E-state index in [2.05, 4.69) is 21.6 Å². The monoisotopic (exact) mass is 379 g/mol. The van der Waals surface area contributed by atoms with Crippen LogP contribution in [0.15, 0.2) is 5.38 Å². The topological polar surface area (TPSA) is 54.7 Å². The van der Waals surface area contributed by atoms with Gasteiger partial charge in [0.05, 0.1) is 22.9 Å². The number of piperidine rings is 1. The van der Waals surface area contributed by atoms with Gasteiger partial charge >= 0.3 is 0 Å². The molecule has 25 heavy (non-hydrogen) atoms. The summed E-state index contributed by atoms with van der Waals surface area (Å²) in [5.41, 5.74) is 3.89. The predicted octanol–water partition coefficient (Wildman–Crippen LogP) is 2.98. The molecule has 5 nitrogen and oxygen atoms in total. The van der Waals surface area contributed by atoms with E-state index in [1.54, 1.807) is 11.3 Å². The fourth-order valence-electron chi connectivity index (χ4n) is 4.85. The predicted molar refractivity (Wildman–Crippen MR) is 100.0 cm³/mol. The van der Waals surface area contributed by atoms with Gasteiger partial charge in [-0.2, -0.15) is 0 Å². The largest absolute Gasteiger partial charge is 0.297 e. The van der Waals surface area contributed by atoms with Crippen LogP contribution in [0.4, 0.5) is 0 Å². The summed E-state index contributed by atoms with van der Waals surface area (Å²) in [6, 6.07) is 0. The van der Waals surface area contributed by atoms with Gasteiger partial charge in [-0.1, -0.05) is 0 Å². The molecule has 1 saturated carbocycles. The standard InChI is InChI=1S/C18H25N3O2S2/c1-13-15(21-16(14-3-4-14)10-24-17(21)19-13)9-20-7-2-5-18(11-20)6-8-25(22,23)12-18/h10,14H,2-9,11-12H2,1H3. The minimum atomic E-state index is -2.83. The highest BCUT2D eigenvalue weighted by Crippen LogP contribution is 2.43. The van der Waals surface area contributed by atoms with Crippen LogP contribution in [0, 0.1) is 12.3 Å². The maximum Gasteiger partial charge on any atom is 0.194 e. The number of aromatic nitrogens is 2. The van der Waals surface area contributed by atoms with Gasteiger partial charge < -0.3 is 0 Å². The molecule has 2 aromatic heterocycles. The van der Waals surface area contributed by atoms with Crippen molar-refractivity contribution in [3.05, 3.63) is 22.5 Å². The summed E-state index contributed by atoms with van der Waals surface area (Å²) in [7, 11) is -2.83. The first-order valence-corrected chi connectivity index (χ1v) is 12.0. The molecule has 1 aliphatic carbocycles. The van der Waals surface area contributed by atoms with E-state index in [9.17, 15) is 8.42 Å². The lowest BCUT2D eigenvalue weighted by molar-refractivity contribution is 0.101. The van der Waals surface area contributed by atoms with Crippen molar-refractivity contribution in [2.75, 3.05) is 24.6 Å². The summed E-state index contributed by atoms with van der Waals surface area (Å²) < 4.78 is 26.4. The number of nitrogens with zero attached hydrogens (tertiary/aromatic N) is 3. The zero-order valence-electron chi connectivity index (χ0n) is 14.7. The fraction of sp³-hybridized carbons (Fsp3) is 0.722. The lowest BCUT2D eigenvalue weighted by Gasteiger charge is -2.39. The molecular weight excluding hydrogens is 354 g/mol. The number of rotatable bonds is 3. The van der Waals surface area contributed by atoms with Crippen LogP contribution in [0.2, 0.25) is 0 Å². The van der Waals surface area contributed by atoms with E-state index in [0.717, 1.165) is 49.6 Å². The fourth-order valence-corrected chi connectivity index (χ4v) is 8.09. The van der Waals surface area contributed by atoms with Gasteiger partial charge in [0.2, 0.25) is 0 Å². The molecule has 2 saturated heterocycles. The maximum absolute atomic E-state index is 12.0. The molecule has 1 atom stereocenters. The summed E-state index contributed by atoms with van der Waals surface area (Å²) in [4.78, 5) is 8.38. The molecule has 4 heterocycles. The zero-order chi connectivity index (χ0) is 17.2. The van der Waals surface area contributed by atoms with Crippen molar-refractivity contribution < 1.29 is 8.42 Å². The molecule has 0 bridgehead atoms. The third-order valence-electron chi connectivity index (χ3n) is 6.26. The number of sulfone groups is 1. The van der Waals surface area contributed by atoms with Crippen molar-refractivity contribution in [2.45, 2.75) is 51.5 Å². The number of fused-ring (bicyclic) bond motifs is 1. The van der Waals surface area contributed by atoms with Crippen molar-refractivity contribution >= 4 is 26.1 Å². The summed E-state index contributed by atoms with van der Waals surface area (Å²) in [6.07, 6.45) is 5.61. The molecule has 7 heteroatoms. The van der Waals surface area contributed by atoms with Crippen LogP contribution < -0.4 is 0 Å². The van der Waals surface area contributed by atoms with Gasteiger partial charge in [-0.25, -0.2) is 13.4 Å². The van der Waals surface area contributed by atoms with Crippen LogP contribution in [0.5, 0.6) is 0 Å². The Labute approximate surface area is 153 Å². The number of hydrogen-bond donors (Lipinski definition) is 0. The number of hydrogen-bond acceptors (Lipinski definition) is 5. The van der Waals surface area contributed by atoms with Crippen LogP contribution in [0.3, 0.4) is 0 Å². The molecule has 3 aliphatic rings. The number of likely N-dealkylation sites (tertiary alicyclic amines) is 1. The van der Waals surface area contributed by atoms with Crippen LogP contribution in [-0.2, 0) is 16.4 Å². The Kier molecular flexibility index (Phi) is 3.60. The number of imidazole rings is 1. The first kappa shape index (κ1) is 16.3. The molecule has 0 radical (unpaired) electrons. The average molecular weight is 380 g/mol. The number of aryl methyl sites for hydroxylation is 1. The van der Waals surface area contributed by atoms with E-state index in [-0.39, 0.29) is 5.41 Å². The number of thiazole rings is 1. The van der Waals surface area contributed by atoms with Gasteiger partial charge in [0.15, 0.2) is 14.8 Å². The Bertz CT molecular complexity index is 926. The van der Waals surface area contributed by atoms with E-state index in [0.29, 0.717) is 17.4 Å². The third-order valence-corrected chi connectivity index (χ3v) is 8.99. The van der Waals surface area contributed by atoms with Gasteiger partial charge in [-0.3, -0.25) is 9.30 Å². The van der Waals surface area contributed by atoms with Gasteiger partial charge in [0.25, 0.3) is 0 Å². The van der Waals surface area contributed by atoms with Crippen molar-refractivity contribution in [3.63, 3.8) is 0 Å². The maximum atomic E-state index is 12.0. The van der Waals surface area contributed by atoms with Crippen molar-refractivity contribution in [1.82, 2.24) is 14.3 Å². The Hall–Kier alpha value is -0.920. The molecule has 5 rings (SSSR count). The van der Waals surface area contributed by atoms with Crippen molar-refractivity contribution in [2.24, 2.45) is 5.41 Å². The highest BCUT2D eigenvalue weighted by Gasteiger charge is 2.44. The summed E-state index contributed by atoms with van der Waals surface area (Å²) >= 11 is 1.75. The normalized spacial score (nSPS) is 29.8. The molecule has 0 amide bonds. The van der Waals surface area contributed by atoms with Gasteiger partial charge in [-0.15, -0.1) is 11.3 Å². The highest BCUT2D eigenvalue weighted by molar-refractivity contribution is 7.91. The van der Waals surface area contributed by atoms with E-state index < -0.39 is 9.84 Å². The molecule has 0 aromatic carbocycles. The summed E-state index contributed by atoms with van der Waals surface area (Å²) in [5, 5.41) is 2.28. The Morgan fingerprint density at radius 1 is 1.36 bits per heavy atom. The first-order valence-electron chi connectivity index (χ1n) is 9.33. The van der Waals surface area contributed by atoms with E-state index in [1.807, 2.05) is 0 Å². The average Bonchev–Trinajstić information content (AvgIpc) is 3.16. The first-order chi connectivity index (χ1) is 11.9. The van der Waals surface area contributed by atoms with E-state index >= 15 is 0 Å².